The van der Waals surface area contributed by atoms with Gasteiger partial charge in [0.2, 0.25) is 15.9 Å². The Kier molecular flexibility index (Phi) is 5.65. The molecule has 1 aromatic heterocycles. The minimum atomic E-state index is -3.53. The van der Waals surface area contributed by atoms with E-state index in [1.807, 2.05) is 61.5 Å². The van der Waals surface area contributed by atoms with Crippen LogP contribution in [0.25, 0.3) is 0 Å². The fraction of sp³-hybridized carbons (Fsp3) is 0.261. The summed E-state index contributed by atoms with van der Waals surface area (Å²) in [6, 6.07) is 20.5. The maximum Gasteiger partial charge on any atom is 0.243 e. The maximum atomic E-state index is 13.1. The SMILES string of the molecule is Cc1ccc(S(=O)(=O)N2CCC[C@@H]2c2ccc(OCc3ccccc3)nc2)cc1. The van der Waals surface area contributed by atoms with E-state index in [0.717, 1.165) is 29.5 Å². The summed E-state index contributed by atoms with van der Waals surface area (Å²) in [6.07, 6.45) is 3.35. The predicted octanol–water partition coefficient (Wildman–Crippen LogP) is 4.49. The van der Waals surface area contributed by atoms with Gasteiger partial charge in [0.05, 0.1) is 10.9 Å². The van der Waals surface area contributed by atoms with Crippen LogP contribution in [0.1, 0.15) is 35.6 Å². The van der Waals surface area contributed by atoms with Gasteiger partial charge in [-0.3, -0.25) is 0 Å². The lowest BCUT2D eigenvalue weighted by Crippen LogP contribution is -2.30. The Morgan fingerprint density at radius 2 is 1.79 bits per heavy atom. The normalized spacial score (nSPS) is 17.3. The number of benzene rings is 2. The Morgan fingerprint density at radius 3 is 2.48 bits per heavy atom. The average molecular weight is 409 g/mol. The van der Waals surface area contributed by atoms with E-state index in [1.54, 1.807) is 22.6 Å². The van der Waals surface area contributed by atoms with Crippen LogP contribution in [-0.4, -0.2) is 24.3 Å². The first-order chi connectivity index (χ1) is 14.0. The lowest BCUT2D eigenvalue weighted by molar-refractivity contribution is 0.293. The molecule has 5 nitrogen and oxygen atoms in total. The molecule has 2 heterocycles. The Labute approximate surface area is 172 Å². The van der Waals surface area contributed by atoms with Crippen LogP contribution in [0.15, 0.2) is 77.8 Å². The van der Waals surface area contributed by atoms with E-state index in [0.29, 0.717) is 23.9 Å². The van der Waals surface area contributed by atoms with E-state index in [9.17, 15) is 8.42 Å². The molecule has 1 fully saturated rings. The van der Waals surface area contributed by atoms with Crippen LogP contribution in [0.4, 0.5) is 0 Å². The summed E-state index contributed by atoms with van der Waals surface area (Å²) < 4.78 is 33.6. The highest BCUT2D eigenvalue weighted by molar-refractivity contribution is 7.89. The van der Waals surface area contributed by atoms with Crippen LogP contribution in [0, 0.1) is 6.92 Å². The van der Waals surface area contributed by atoms with E-state index in [-0.39, 0.29) is 6.04 Å². The molecule has 2 aromatic carbocycles. The van der Waals surface area contributed by atoms with E-state index in [2.05, 4.69) is 4.98 Å². The highest BCUT2D eigenvalue weighted by Crippen LogP contribution is 2.36. The summed E-state index contributed by atoms with van der Waals surface area (Å²) in [5, 5.41) is 0. The molecule has 1 saturated heterocycles. The first kappa shape index (κ1) is 19.6. The van der Waals surface area contributed by atoms with Crippen molar-refractivity contribution in [1.29, 1.82) is 0 Å². The Hall–Kier alpha value is -2.70. The molecule has 1 aliphatic heterocycles. The first-order valence-electron chi connectivity index (χ1n) is 9.75. The van der Waals surface area contributed by atoms with Crippen molar-refractivity contribution >= 4 is 10.0 Å². The van der Waals surface area contributed by atoms with Crippen LogP contribution in [0.2, 0.25) is 0 Å². The van der Waals surface area contributed by atoms with Gasteiger partial charge in [0.15, 0.2) is 0 Å². The van der Waals surface area contributed by atoms with E-state index >= 15 is 0 Å². The Morgan fingerprint density at radius 1 is 1.03 bits per heavy atom. The standard InChI is InChI=1S/C23H24N2O3S/c1-18-9-12-21(13-10-18)29(26,27)25-15-5-8-22(25)20-11-14-23(24-16-20)28-17-19-6-3-2-4-7-19/h2-4,6-7,9-14,16,22H,5,8,15,17H2,1H3/t22-/m1/s1. The van der Waals surface area contributed by atoms with Gasteiger partial charge in [0.25, 0.3) is 0 Å². The largest absolute Gasteiger partial charge is 0.473 e. The average Bonchev–Trinajstić information content (AvgIpc) is 3.25. The summed E-state index contributed by atoms with van der Waals surface area (Å²) in [5.74, 6) is 0.531. The summed E-state index contributed by atoms with van der Waals surface area (Å²) in [6.45, 7) is 2.92. The topological polar surface area (TPSA) is 59.5 Å². The zero-order valence-electron chi connectivity index (χ0n) is 16.4. The third-order valence-corrected chi connectivity index (χ3v) is 7.13. The molecular weight excluding hydrogens is 384 g/mol. The van der Waals surface area contributed by atoms with Crippen molar-refractivity contribution in [3.63, 3.8) is 0 Å². The molecule has 0 aliphatic carbocycles. The van der Waals surface area contributed by atoms with Gasteiger partial charge in [-0.2, -0.15) is 4.31 Å². The van der Waals surface area contributed by atoms with Crippen molar-refractivity contribution in [1.82, 2.24) is 9.29 Å². The van der Waals surface area contributed by atoms with E-state index in [1.165, 1.54) is 0 Å². The number of hydrogen-bond donors (Lipinski definition) is 0. The van der Waals surface area contributed by atoms with Crippen molar-refractivity contribution in [3.05, 3.63) is 89.6 Å². The fourth-order valence-electron chi connectivity index (χ4n) is 3.61. The van der Waals surface area contributed by atoms with Gasteiger partial charge in [-0.25, -0.2) is 13.4 Å². The maximum absolute atomic E-state index is 13.1. The quantitative estimate of drug-likeness (QED) is 0.603. The Bertz CT molecular complexity index is 1050. The molecule has 0 amide bonds. The summed E-state index contributed by atoms with van der Waals surface area (Å²) in [7, 11) is -3.53. The fourth-order valence-corrected chi connectivity index (χ4v) is 5.29. The van der Waals surface area contributed by atoms with Gasteiger partial charge < -0.3 is 4.74 Å². The lowest BCUT2D eigenvalue weighted by atomic mass is 10.1. The van der Waals surface area contributed by atoms with Crippen LogP contribution in [0.3, 0.4) is 0 Å². The molecule has 4 rings (SSSR count). The molecule has 150 valence electrons. The zero-order chi connectivity index (χ0) is 20.3. The van der Waals surface area contributed by atoms with Gasteiger partial charge in [0.1, 0.15) is 6.61 Å². The molecule has 0 unspecified atom stereocenters. The summed E-state index contributed by atoms with van der Waals surface area (Å²) in [5.41, 5.74) is 3.01. The monoisotopic (exact) mass is 408 g/mol. The molecule has 0 radical (unpaired) electrons. The number of aromatic nitrogens is 1. The molecular formula is C23H24N2O3S. The van der Waals surface area contributed by atoms with E-state index in [4.69, 9.17) is 4.74 Å². The van der Waals surface area contributed by atoms with Crippen molar-refractivity contribution in [2.45, 2.75) is 37.3 Å². The second-order valence-corrected chi connectivity index (χ2v) is 9.18. The molecule has 0 saturated carbocycles. The molecule has 0 spiro atoms. The van der Waals surface area contributed by atoms with Gasteiger partial charge in [-0.15, -0.1) is 0 Å². The van der Waals surface area contributed by atoms with Crippen LogP contribution < -0.4 is 4.74 Å². The van der Waals surface area contributed by atoms with Gasteiger partial charge in [-0.05, 0) is 43.0 Å². The summed E-state index contributed by atoms with van der Waals surface area (Å²) >= 11 is 0. The number of rotatable bonds is 6. The molecule has 0 bridgehead atoms. The zero-order valence-corrected chi connectivity index (χ0v) is 17.2. The Balaban J connectivity index is 1.49. The number of aryl methyl sites for hydroxylation is 1. The third-order valence-electron chi connectivity index (χ3n) is 5.20. The number of nitrogens with zero attached hydrogens (tertiary/aromatic N) is 2. The second-order valence-electron chi connectivity index (χ2n) is 7.29. The number of pyridine rings is 1. The van der Waals surface area contributed by atoms with Gasteiger partial charge in [-0.1, -0.05) is 54.1 Å². The van der Waals surface area contributed by atoms with Crippen LogP contribution >= 0.6 is 0 Å². The van der Waals surface area contributed by atoms with E-state index < -0.39 is 10.0 Å². The highest BCUT2D eigenvalue weighted by Gasteiger charge is 2.36. The minimum absolute atomic E-state index is 0.197. The minimum Gasteiger partial charge on any atom is -0.473 e. The van der Waals surface area contributed by atoms with Gasteiger partial charge in [0, 0.05) is 18.8 Å². The van der Waals surface area contributed by atoms with Crippen molar-refractivity contribution < 1.29 is 13.2 Å². The number of hydrogen-bond acceptors (Lipinski definition) is 4. The molecule has 29 heavy (non-hydrogen) atoms. The number of ether oxygens (including phenoxy) is 1. The number of sulfonamides is 1. The van der Waals surface area contributed by atoms with Crippen molar-refractivity contribution in [2.75, 3.05) is 6.54 Å². The predicted molar refractivity (Wildman–Crippen MR) is 112 cm³/mol. The van der Waals surface area contributed by atoms with Crippen LogP contribution in [-0.2, 0) is 16.6 Å². The van der Waals surface area contributed by atoms with Gasteiger partial charge >= 0.3 is 0 Å². The smallest absolute Gasteiger partial charge is 0.243 e. The van der Waals surface area contributed by atoms with Crippen molar-refractivity contribution in [3.8, 4) is 5.88 Å². The lowest BCUT2D eigenvalue weighted by Gasteiger charge is -2.24. The molecule has 1 aliphatic rings. The third kappa shape index (κ3) is 4.33. The summed E-state index contributed by atoms with van der Waals surface area (Å²) in [4.78, 5) is 4.73. The van der Waals surface area contributed by atoms with Crippen LogP contribution in [0.5, 0.6) is 5.88 Å². The molecule has 3 aromatic rings. The highest BCUT2D eigenvalue weighted by atomic mass is 32.2. The molecule has 1 atom stereocenters. The molecule has 0 N–H and O–H groups in total. The first-order valence-corrected chi connectivity index (χ1v) is 11.2. The molecule has 6 heteroatoms. The second kappa shape index (κ2) is 8.35. The van der Waals surface area contributed by atoms with Crippen molar-refractivity contribution in [2.24, 2.45) is 0 Å².